The lowest BCUT2D eigenvalue weighted by Gasteiger charge is -2.19. The lowest BCUT2D eigenvalue weighted by atomic mass is 10.0. The molecule has 6 nitrogen and oxygen atoms in total. The fraction of sp³-hybridized carbons (Fsp3) is 0.450. The predicted octanol–water partition coefficient (Wildman–Crippen LogP) is 3.04. The van der Waals surface area contributed by atoms with E-state index in [1.807, 2.05) is 6.92 Å². The van der Waals surface area contributed by atoms with Crippen molar-refractivity contribution in [3.63, 3.8) is 0 Å². The fourth-order valence-electron chi connectivity index (χ4n) is 2.39. The average molecular weight is 377 g/mol. The summed E-state index contributed by atoms with van der Waals surface area (Å²) in [7, 11) is 0. The van der Waals surface area contributed by atoms with Gasteiger partial charge in [-0.1, -0.05) is 0 Å². The third-order valence-corrected chi connectivity index (χ3v) is 3.89. The van der Waals surface area contributed by atoms with Crippen molar-refractivity contribution >= 4 is 5.96 Å². The van der Waals surface area contributed by atoms with Gasteiger partial charge >= 0.3 is 0 Å². The molecule has 1 heterocycles. The summed E-state index contributed by atoms with van der Waals surface area (Å²) in [4.78, 5) is 4.43. The minimum atomic E-state index is -1.16. The maximum atomic E-state index is 12.8. The van der Waals surface area contributed by atoms with Crippen molar-refractivity contribution < 1.29 is 18.7 Å². The molecule has 0 radical (unpaired) electrons. The Morgan fingerprint density at radius 2 is 2.00 bits per heavy atom. The molecule has 0 aliphatic rings. The Labute approximate surface area is 159 Å². The van der Waals surface area contributed by atoms with Crippen LogP contribution in [0.4, 0.5) is 4.39 Å². The Morgan fingerprint density at radius 3 is 2.67 bits per heavy atom. The molecule has 0 amide bonds. The first kappa shape index (κ1) is 20.8. The van der Waals surface area contributed by atoms with Gasteiger partial charge in [-0.2, -0.15) is 0 Å². The third-order valence-electron chi connectivity index (χ3n) is 3.89. The van der Waals surface area contributed by atoms with Crippen molar-refractivity contribution in [1.29, 1.82) is 0 Å². The summed E-state index contributed by atoms with van der Waals surface area (Å²) in [5.41, 5.74) is -1.16. The van der Waals surface area contributed by atoms with Crippen LogP contribution in [0.3, 0.4) is 0 Å². The first-order valence-electron chi connectivity index (χ1n) is 9.18. The van der Waals surface area contributed by atoms with Crippen molar-refractivity contribution in [2.75, 3.05) is 26.2 Å². The highest BCUT2D eigenvalue weighted by Gasteiger charge is 2.25. The van der Waals surface area contributed by atoms with Gasteiger partial charge in [0.2, 0.25) is 0 Å². The molecule has 2 aromatic rings. The molecule has 3 N–H and O–H groups in total. The number of ether oxygens (including phenoxy) is 1. The number of halogens is 1. The molecule has 0 spiro atoms. The van der Waals surface area contributed by atoms with E-state index in [1.54, 1.807) is 31.2 Å². The lowest BCUT2D eigenvalue weighted by Crippen LogP contribution is -2.39. The van der Waals surface area contributed by atoms with E-state index in [4.69, 9.17) is 9.15 Å². The highest BCUT2D eigenvalue weighted by molar-refractivity contribution is 5.79. The molecule has 1 aromatic heterocycles. The molecule has 2 rings (SSSR count). The van der Waals surface area contributed by atoms with Crippen LogP contribution in [0.15, 0.2) is 52.1 Å². The van der Waals surface area contributed by atoms with Crippen LogP contribution in [0.2, 0.25) is 0 Å². The Morgan fingerprint density at radius 1 is 1.22 bits per heavy atom. The molecule has 0 aliphatic carbocycles. The molecule has 0 aliphatic heterocycles. The molecule has 1 atom stereocenters. The van der Waals surface area contributed by atoms with E-state index >= 15 is 0 Å². The molecule has 7 heteroatoms. The Balaban J connectivity index is 1.70. The molecule has 1 unspecified atom stereocenters. The first-order valence-corrected chi connectivity index (χ1v) is 9.18. The monoisotopic (exact) mass is 377 g/mol. The van der Waals surface area contributed by atoms with E-state index in [1.165, 1.54) is 18.4 Å². The van der Waals surface area contributed by atoms with Crippen molar-refractivity contribution in [3.05, 3.63) is 54.2 Å². The average Bonchev–Trinajstić information content (AvgIpc) is 3.20. The number of nitrogens with one attached hydrogen (secondary N) is 2. The molecular weight excluding hydrogens is 349 g/mol. The number of aliphatic imine (C=N–C) groups is 1. The largest absolute Gasteiger partial charge is 0.494 e. The summed E-state index contributed by atoms with van der Waals surface area (Å²) in [5, 5.41) is 16.9. The zero-order chi connectivity index (χ0) is 19.5. The van der Waals surface area contributed by atoms with Gasteiger partial charge in [0.15, 0.2) is 5.96 Å². The first-order chi connectivity index (χ1) is 13.0. The summed E-state index contributed by atoms with van der Waals surface area (Å²) in [6.45, 7) is 5.85. The van der Waals surface area contributed by atoms with Gasteiger partial charge in [0.05, 0.1) is 19.4 Å². The van der Waals surface area contributed by atoms with Crippen LogP contribution in [-0.2, 0) is 5.60 Å². The van der Waals surface area contributed by atoms with Crippen LogP contribution in [0.25, 0.3) is 0 Å². The van der Waals surface area contributed by atoms with Gasteiger partial charge in [-0.3, -0.25) is 0 Å². The predicted molar refractivity (Wildman–Crippen MR) is 103 cm³/mol. The summed E-state index contributed by atoms with van der Waals surface area (Å²) in [5.74, 6) is 1.52. The van der Waals surface area contributed by atoms with Crippen LogP contribution in [0.5, 0.6) is 5.75 Å². The zero-order valence-electron chi connectivity index (χ0n) is 15.9. The zero-order valence-corrected chi connectivity index (χ0v) is 15.9. The number of nitrogens with zero attached hydrogens (tertiary/aromatic N) is 1. The number of guanidine groups is 1. The minimum absolute atomic E-state index is 0.184. The van der Waals surface area contributed by atoms with Gasteiger partial charge < -0.3 is 24.9 Å². The molecule has 27 heavy (non-hydrogen) atoms. The molecule has 0 fully saturated rings. The van der Waals surface area contributed by atoms with Gasteiger partial charge in [-0.25, -0.2) is 9.38 Å². The summed E-state index contributed by atoms with van der Waals surface area (Å²) in [6.07, 6.45) is 3.28. The van der Waals surface area contributed by atoms with E-state index in [0.717, 1.165) is 25.9 Å². The van der Waals surface area contributed by atoms with E-state index in [0.29, 0.717) is 24.1 Å². The van der Waals surface area contributed by atoms with Crippen LogP contribution in [0, 0.1) is 5.82 Å². The number of unbranched alkanes of at least 4 members (excludes halogenated alkanes) is 1. The lowest BCUT2D eigenvalue weighted by molar-refractivity contribution is 0.0437. The maximum Gasteiger partial charge on any atom is 0.191 e. The van der Waals surface area contributed by atoms with E-state index in [-0.39, 0.29) is 12.4 Å². The Hall–Kier alpha value is -2.54. The van der Waals surface area contributed by atoms with Crippen molar-refractivity contribution in [2.45, 2.75) is 32.3 Å². The number of rotatable bonds is 10. The van der Waals surface area contributed by atoms with Gasteiger partial charge in [0, 0.05) is 13.1 Å². The molecule has 1 aromatic carbocycles. The second-order valence-electron chi connectivity index (χ2n) is 6.38. The van der Waals surface area contributed by atoms with Crippen LogP contribution in [-0.4, -0.2) is 37.3 Å². The summed E-state index contributed by atoms with van der Waals surface area (Å²) >= 11 is 0. The number of furan rings is 1. The second-order valence-corrected chi connectivity index (χ2v) is 6.38. The topological polar surface area (TPSA) is 79.0 Å². The molecule has 0 saturated carbocycles. The standard InChI is InChI=1S/C20H28FN3O3/c1-3-22-19(24-15-20(2,25)18-7-6-14-27-18)23-12-4-5-13-26-17-10-8-16(21)9-11-17/h6-11,14,25H,3-5,12-13,15H2,1-2H3,(H2,22,23,24). The van der Waals surface area contributed by atoms with Gasteiger partial charge in [-0.15, -0.1) is 0 Å². The summed E-state index contributed by atoms with van der Waals surface area (Å²) < 4.78 is 23.7. The highest BCUT2D eigenvalue weighted by Crippen LogP contribution is 2.21. The van der Waals surface area contributed by atoms with Gasteiger partial charge in [-0.05, 0) is 63.1 Å². The number of aliphatic hydroxyl groups is 1. The van der Waals surface area contributed by atoms with Gasteiger partial charge in [0.25, 0.3) is 0 Å². The van der Waals surface area contributed by atoms with E-state index in [9.17, 15) is 9.50 Å². The number of hydrogen-bond donors (Lipinski definition) is 3. The molecule has 0 bridgehead atoms. The van der Waals surface area contributed by atoms with Crippen LogP contribution in [0.1, 0.15) is 32.4 Å². The summed E-state index contributed by atoms with van der Waals surface area (Å²) in [6, 6.07) is 9.48. The van der Waals surface area contributed by atoms with Crippen LogP contribution >= 0.6 is 0 Å². The Kier molecular flexibility index (Phi) is 8.13. The smallest absolute Gasteiger partial charge is 0.191 e. The van der Waals surface area contributed by atoms with Crippen molar-refractivity contribution in [3.8, 4) is 5.75 Å². The van der Waals surface area contributed by atoms with E-state index in [2.05, 4.69) is 15.6 Å². The van der Waals surface area contributed by atoms with Crippen LogP contribution < -0.4 is 15.4 Å². The molecule has 0 saturated heterocycles. The highest BCUT2D eigenvalue weighted by atomic mass is 19.1. The number of hydrogen-bond acceptors (Lipinski definition) is 4. The fourth-order valence-corrected chi connectivity index (χ4v) is 2.39. The third kappa shape index (κ3) is 7.30. The normalized spacial score (nSPS) is 13.9. The quantitative estimate of drug-likeness (QED) is 0.337. The van der Waals surface area contributed by atoms with Crippen molar-refractivity contribution in [2.24, 2.45) is 4.99 Å². The molecular formula is C20H28FN3O3. The Bertz CT molecular complexity index is 685. The second kappa shape index (κ2) is 10.6. The minimum Gasteiger partial charge on any atom is -0.494 e. The maximum absolute atomic E-state index is 12.8. The SMILES string of the molecule is CCNC(=NCC(C)(O)c1ccco1)NCCCCOc1ccc(F)cc1. The van der Waals surface area contributed by atoms with E-state index < -0.39 is 5.60 Å². The van der Waals surface area contributed by atoms with Crippen molar-refractivity contribution in [1.82, 2.24) is 10.6 Å². The molecule has 148 valence electrons. The van der Waals surface area contributed by atoms with Gasteiger partial charge in [0.1, 0.15) is 22.9 Å². The number of benzene rings is 1.